The second-order valence-corrected chi connectivity index (χ2v) is 16.2. The minimum Gasteiger partial charge on any atom is -0.492 e. The van der Waals surface area contributed by atoms with Crippen molar-refractivity contribution in [1.82, 2.24) is 36.1 Å². The summed E-state index contributed by atoms with van der Waals surface area (Å²) in [5, 5.41) is 19.9. The van der Waals surface area contributed by atoms with Crippen molar-refractivity contribution >= 4 is 29.5 Å². The minimum absolute atomic E-state index is 0.00530. The van der Waals surface area contributed by atoms with Crippen LogP contribution in [0.4, 0.5) is 0 Å². The molecule has 0 fully saturated rings. The zero-order valence-electron chi connectivity index (χ0n) is 37.5. The number of carbonyl (C=O) groups is 5. The Bertz CT molecular complexity index is 2390. The molecule has 0 unspecified atom stereocenters. The Balaban J connectivity index is 1.55. The van der Waals surface area contributed by atoms with E-state index in [1.54, 1.807) is 67.8 Å². The van der Waals surface area contributed by atoms with Crippen LogP contribution in [0, 0.1) is 24.2 Å². The molecule has 3 aromatic carbocycles. The largest absolute Gasteiger partial charge is 0.492 e. The zero-order chi connectivity index (χ0) is 47.2. The van der Waals surface area contributed by atoms with Gasteiger partial charge in [-0.25, -0.2) is 0 Å². The van der Waals surface area contributed by atoms with Crippen molar-refractivity contribution in [2.24, 2.45) is 23.1 Å². The van der Waals surface area contributed by atoms with Gasteiger partial charge in [-0.1, -0.05) is 32.0 Å². The third-order valence-corrected chi connectivity index (χ3v) is 10.7. The van der Waals surface area contributed by atoms with Crippen molar-refractivity contribution in [2.75, 3.05) is 46.4 Å². The lowest BCUT2D eigenvalue weighted by Crippen LogP contribution is -2.56. The average Bonchev–Trinajstić information content (AvgIpc) is 3.28. The molecule has 18 heteroatoms. The van der Waals surface area contributed by atoms with Crippen LogP contribution in [-0.2, 0) is 32.0 Å². The van der Waals surface area contributed by atoms with Gasteiger partial charge in [-0.15, -0.1) is 0 Å². The van der Waals surface area contributed by atoms with Crippen molar-refractivity contribution in [2.45, 2.75) is 71.1 Å². The van der Waals surface area contributed by atoms with E-state index in [1.165, 1.54) is 18.9 Å². The molecule has 0 saturated carbocycles. The van der Waals surface area contributed by atoms with Crippen molar-refractivity contribution in [1.29, 1.82) is 5.26 Å². The zero-order valence-corrected chi connectivity index (χ0v) is 37.5. The highest BCUT2D eigenvalue weighted by atomic mass is 16.5. The van der Waals surface area contributed by atoms with Gasteiger partial charge in [-0.05, 0) is 92.2 Å². The summed E-state index contributed by atoms with van der Waals surface area (Å²) in [5.41, 5.74) is 22.8. The number of nitriles is 1. The summed E-state index contributed by atoms with van der Waals surface area (Å²) in [7, 11) is 1.42. The maximum absolute atomic E-state index is 14.7. The van der Waals surface area contributed by atoms with Gasteiger partial charge < -0.3 is 52.8 Å². The molecule has 0 aliphatic carbocycles. The van der Waals surface area contributed by atoms with Crippen LogP contribution in [-0.4, -0.2) is 109 Å². The first-order chi connectivity index (χ1) is 31.2. The fourth-order valence-corrected chi connectivity index (χ4v) is 7.47. The fraction of sp³-hybridized carbons (Fsp3) is 0.404. The second-order valence-electron chi connectivity index (χ2n) is 16.2. The number of fused-ring (bicyclic) bond motifs is 5. The number of amides is 5. The Hall–Kier alpha value is -6.94. The first-order valence-electron chi connectivity index (χ1n) is 21.6. The first-order valence-corrected chi connectivity index (χ1v) is 21.6. The predicted molar refractivity (Wildman–Crippen MR) is 244 cm³/mol. The third kappa shape index (κ3) is 12.6. The lowest BCUT2D eigenvalue weighted by atomic mass is 9.93. The normalized spacial score (nSPS) is 16.5. The summed E-state index contributed by atoms with van der Waals surface area (Å²) in [5.74, 6) is -2.02. The number of aryl methyl sites for hydroxylation is 1. The quantitative estimate of drug-likeness (QED) is 0.0747. The van der Waals surface area contributed by atoms with E-state index in [2.05, 4.69) is 45.1 Å². The molecule has 2 heterocycles. The average molecular weight is 890 g/mol. The van der Waals surface area contributed by atoms with Crippen LogP contribution in [0.5, 0.6) is 11.5 Å². The molecular weight excluding hydrogens is 831 g/mol. The number of likely N-dealkylation sites (N-methyl/N-ethyl adjacent to an activating group) is 1. The number of benzene rings is 3. The number of hydrogen-bond donors (Lipinski definition) is 7. The molecule has 5 amide bonds. The van der Waals surface area contributed by atoms with Gasteiger partial charge in [0.15, 0.2) is 0 Å². The smallest absolute Gasteiger partial charge is 0.252 e. The Morgan fingerprint density at radius 2 is 1.60 bits per heavy atom. The topological polar surface area (TPSA) is 283 Å². The van der Waals surface area contributed by atoms with Crippen LogP contribution in [0.1, 0.15) is 66.0 Å². The van der Waals surface area contributed by atoms with Gasteiger partial charge in [0.05, 0.1) is 23.7 Å². The number of nitrogens with one attached hydrogen (secondary N) is 4. The molecule has 5 rings (SSSR count). The minimum atomic E-state index is -1.39. The molecule has 4 atom stereocenters. The Morgan fingerprint density at radius 1 is 0.908 bits per heavy atom. The van der Waals surface area contributed by atoms with E-state index in [1.807, 2.05) is 12.1 Å². The van der Waals surface area contributed by atoms with Gasteiger partial charge in [0.25, 0.3) is 5.91 Å². The number of aromatic nitrogens is 2. The summed E-state index contributed by atoms with van der Waals surface area (Å²) in [6.07, 6.45) is 4.29. The summed E-state index contributed by atoms with van der Waals surface area (Å²) < 4.78 is 12.2. The monoisotopic (exact) mass is 889 g/mol. The summed E-state index contributed by atoms with van der Waals surface area (Å²) in [6.45, 7) is 7.84. The standard InChI is InChI=1S/C47H59N11O7/c1-27(2)20-33-25-54-39(26-53-33)31-7-9-34(28(3)21-31)44(60)56-37(12-13-48)47(63)58(5)42-32-8-11-41(65-19-16-51)36(24-32)35-22-30(6-10-40(35)64-18-15-50)23-38(45(61)52-17-14-49)57-43(59)29(4)55-46(42)62/h6-11,21-22,24-27,29,37-38,42H,12-13,15-20,23,48,50-51H2,1-5H3,(H,52,61)(H,55,62)(H,56,60)(H,57,59)/t29-,37-,38-,42-/m0/s1. The van der Waals surface area contributed by atoms with E-state index in [0.29, 0.717) is 56.5 Å². The van der Waals surface area contributed by atoms with E-state index in [-0.39, 0.29) is 52.2 Å². The maximum atomic E-state index is 14.7. The molecular formula is C47H59N11O7. The van der Waals surface area contributed by atoms with Crippen molar-refractivity contribution in [3.05, 3.63) is 94.9 Å². The molecule has 18 nitrogen and oxygen atoms in total. The van der Waals surface area contributed by atoms with Gasteiger partial charge in [0, 0.05) is 55.0 Å². The molecule has 4 aromatic rings. The molecule has 0 saturated heterocycles. The summed E-state index contributed by atoms with van der Waals surface area (Å²) in [6, 6.07) is 12.4. The molecule has 1 aromatic heterocycles. The lowest BCUT2D eigenvalue weighted by Gasteiger charge is -2.32. The van der Waals surface area contributed by atoms with Gasteiger partial charge in [-0.2, -0.15) is 5.26 Å². The molecule has 65 heavy (non-hydrogen) atoms. The molecule has 10 N–H and O–H groups in total. The number of nitrogens with zero attached hydrogens (tertiary/aromatic N) is 4. The van der Waals surface area contributed by atoms with Crippen LogP contribution in [0.15, 0.2) is 67.0 Å². The number of carbonyl (C=O) groups excluding carboxylic acids is 5. The lowest BCUT2D eigenvalue weighted by molar-refractivity contribution is -0.141. The molecule has 0 radical (unpaired) electrons. The Labute approximate surface area is 379 Å². The summed E-state index contributed by atoms with van der Waals surface area (Å²) in [4.78, 5) is 80.5. The third-order valence-electron chi connectivity index (χ3n) is 10.7. The first kappa shape index (κ1) is 49.1. The molecule has 1 aliphatic rings. The van der Waals surface area contributed by atoms with Gasteiger partial charge in [-0.3, -0.25) is 33.9 Å². The molecule has 0 spiro atoms. The van der Waals surface area contributed by atoms with E-state index in [0.717, 1.165) is 17.7 Å². The van der Waals surface area contributed by atoms with Crippen molar-refractivity contribution < 1.29 is 33.4 Å². The molecule has 4 bridgehead atoms. The number of nitrogens with two attached hydrogens (primary N) is 3. The second kappa shape index (κ2) is 23.1. The van der Waals surface area contributed by atoms with Crippen molar-refractivity contribution in [3.63, 3.8) is 0 Å². The van der Waals surface area contributed by atoms with Crippen LogP contribution >= 0.6 is 0 Å². The van der Waals surface area contributed by atoms with Crippen LogP contribution in [0.25, 0.3) is 22.4 Å². The number of hydrogen-bond acceptors (Lipinski definition) is 13. The fourth-order valence-electron chi connectivity index (χ4n) is 7.47. The Morgan fingerprint density at radius 3 is 2.22 bits per heavy atom. The highest BCUT2D eigenvalue weighted by molar-refractivity contribution is 6.00. The van der Waals surface area contributed by atoms with E-state index in [4.69, 9.17) is 31.9 Å². The SMILES string of the molecule is Cc1cc(-c2cnc(CC(C)C)cn2)ccc1C(=O)N[C@@H](CCN)C(=O)N(C)[C@@H]1C(=O)N[C@@H](C)C(=O)N[C@H](C(=O)NCC#N)Cc2ccc(OCCN)c(c2)-c2cc1ccc2OCCN. The van der Waals surface area contributed by atoms with Crippen LogP contribution in [0.3, 0.4) is 0 Å². The van der Waals surface area contributed by atoms with Crippen LogP contribution < -0.4 is 47.9 Å². The van der Waals surface area contributed by atoms with Gasteiger partial charge in [0.1, 0.15) is 55.4 Å². The highest BCUT2D eigenvalue weighted by Gasteiger charge is 2.36. The van der Waals surface area contributed by atoms with Crippen molar-refractivity contribution in [3.8, 4) is 40.0 Å². The van der Waals surface area contributed by atoms with Gasteiger partial charge >= 0.3 is 0 Å². The van der Waals surface area contributed by atoms with E-state index < -0.39 is 53.7 Å². The predicted octanol–water partition coefficient (Wildman–Crippen LogP) is 1.82. The highest BCUT2D eigenvalue weighted by Crippen LogP contribution is 2.40. The summed E-state index contributed by atoms with van der Waals surface area (Å²) >= 11 is 0. The number of rotatable bonds is 17. The maximum Gasteiger partial charge on any atom is 0.252 e. The molecule has 1 aliphatic heterocycles. The molecule has 344 valence electrons. The van der Waals surface area contributed by atoms with E-state index in [9.17, 15) is 24.0 Å². The van der Waals surface area contributed by atoms with E-state index >= 15 is 0 Å². The van der Waals surface area contributed by atoms with Crippen LogP contribution in [0.2, 0.25) is 0 Å². The van der Waals surface area contributed by atoms with Gasteiger partial charge in [0.2, 0.25) is 23.6 Å². The Kier molecular flexibility index (Phi) is 17.5. The number of ether oxygens (including phenoxy) is 2.